The molecule has 4 heterocycles. The second-order valence-corrected chi connectivity index (χ2v) is 10.1. The van der Waals surface area contributed by atoms with Crippen LogP contribution in [0.3, 0.4) is 0 Å². The van der Waals surface area contributed by atoms with Crippen LogP contribution in [0, 0.1) is 11.6 Å². The average Bonchev–Trinajstić information content (AvgIpc) is 3.62. The van der Waals surface area contributed by atoms with Crippen molar-refractivity contribution in [3.05, 3.63) is 83.7 Å². The number of hydrogen-bond donors (Lipinski definition) is 1. The van der Waals surface area contributed by atoms with Crippen molar-refractivity contribution in [2.24, 2.45) is 0 Å². The van der Waals surface area contributed by atoms with Gasteiger partial charge in [0.2, 0.25) is 0 Å². The summed E-state index contributed by atoms with van der Waals surface area (Å²) in [4.78, 5) is 24.6. The summed E-state index contributed by atoms with van der Waals surface area (Å²) in [5, 5.41) is 7.26. The summed E-state index contributed by atoms with van der Waals surface area (Å²) in [5.74, 6) is -0.520. The zero-order chi connectivity index (χ0) is 26.9. The molecule has 0 unspecified atom stereocenters. The van der Waals surface area contributed by atoms with Crippen LogP contribution in [0.15, 0.2) is 60.9 Å². The van der Waals surface area contributed by atoms with Crippen molar-refractivity contribution in [3.8, 4) is 0 Å². The minimum atomic E-state index is -0.463. The molecule has 0 radical (unpaired) electrons. The van der Waals surface area contributed by atoms with Crippen molar-refractivity contribution in [1.82, 2.24) is 19.5 Å². The Morgan fingerprint density at radius 3 is 2.59 bits per heavy atom. The first-order valence-corrected chi connectivity index (χ1v) is 13.4. The number of anilines is 3. The lowest BCUT2D eigenvalue weighted by Crippen LogP contribution is -2.46. The first-order valence-electron chi connectivity index (χ1n) is 13.4. The zero-order valence-electron chi connectivity index (χ0n) is 21.9. The second kappa shape index (κ2) is 10.6. The molecule has 0 bridgehead atoms. The number of nitrogens with zero attached hydrogens (tertiary/aromatic N) is 6. The SMILES string of the molecule is CCN1CCN(c2ccc(C(=O)Nc3cnn4ccc(N5CCC[C@@H]5c5cc(F)ccc5F)nc34)cc2)CC1. The molecule has 2 aromatic carbocycles. The normalized spacial score (nSPS) is 18.2. The van der Waals surface area contributed by atoms with E-state index in [2.05, 4.69) is 27.1 Å². The Balaban J connectivity index is 1.19. The van der Waals surface area contributed by atoms with Gasteiger partial charge in [-0.15, -0.1) is 0 Å². The maximum Gasteiger partial charge on any atom is 0.255 e. The molecule has 1 N–H and O–H groups in total. The summed E-state index contributed by atoms with van der Waals surface area (Å²) in [6.07, 6.45) is 4.86. The molecule has 8 nitrogen and oxygen atoms in total. The second-order valence-electron chi connectivity index (χ2n) is 10.1. The molecule has 0 saturated carbocycles. The number of rotatable bonds is 6. The summed E-state index contributed by atoms with van der Waals surface area (Å²) in [6.45, 7) is 7.94. The Bertz CT molecular complexity index is 1480. The quantitative estimate of drug-likeness (QED) is 0.388. The van der Waals surface area contributed by atoms with E-state index >= 15 is 0 Å². The summed E-state index contributed by atoms with van der Waals surface area (Å²) in [7, 11) is 0. The maximum absolute atomic E-state index is 14.6. The number of nitrogens with one attached hydrogen (secondary N) is 1. The van der Waals surface area contributed by atoms with Crippen molar-refractivity contribution in [2.45, 2.75) is 25.8 Å². The smallest absolute Gasteiger partial charge is 0.255 e. The van der Waals surface area contributed by atoms with E-state index in [1.165, 1.54) is 12.1 Å². The van der Waals surface area contributed by atoms with Crippen LogP contribution in [0.5, 0.6) is 0 Å². The number of hydrogen-bond acceptors (Lipinski definition) is 6. The Morgan fingerprint density at radius 2 is 1.82 bits per heavy atom. The molecule has 2 saturated heterocycles. The predicted molar refractivity (Wildman–Crippen MR) is 147 cm³/mol. The number of carbonyl (C=O) groups excluding carboxylic acids is 1. The molecule has 10 heteroatoms. The van der Waals surface area contributed by atoms with Gasteiger partial charge in [0.25, 0.3) is 5.91 Å². The Kier molecular flexibility index (Phi) is 6.86. The molecule has 1 atom stereocenters. The highest BCUT2D eigenvalue weighted by molar-refractivity contribution is 6.06. The lowest BCUT2D eigenvalue weighted by molar-refractivity contribution is 0.102. The fourth-order valence-electron chi connectivity index (χ4n) is 5.58. The van der Waals surface area contributed by atoms with Gasteiger partial charge in [-0.1, -0.05) is 6.92 Å². The van der Waals surface area contributed by atoms with Crippen molar-refractivity contribution < 1.29 is 13.6 Å². The van der Waals surface area contributed by atoms with Crippen LogP contribution >= 0.6 is 0 Å². The van der Waals surface area contributed by atoms with E-state index in [-0.39, 0.29) is 11.9 Å². The third kappa shape index (κ3) is 5.04. The van der Waals surface area contributed by atoms with E-state index in [0.717, 1.165) is 50.9 Å². The number of likely N-dealkylation sites (N-methyl/N-ethyl adjacent to an activating group) is 1. The van der Waals surface area contributed by atoms with Crippen LogP contribution < -0.4 is 15.1 Å². The molecule has 39 heavy (non-hydrogen) atoms. The first-order chi connectivity index (χ1) is 19.0. The van der Waals surface area contributed by atoms with Gasteiger partial charge in [0.15, 0.2) is 5.65 Å². The third-order valence-corrected chi connectivity index (χ3v) is 7.78. The fraction of sp³-hybridized carbons (Fsp3) is 0.345. The highest BCUT2D eigenvalue weighted by Crippen LogP contribution is 2.37. The number of halogens is 2. The number of benzene rings is 2. The first kappa shape index (κ1) is 25.2. The van der Waals surface area contributed by atoms with Gasteiger partial charge in [0.05, 0.1) is 12.2 Å². The highest BCUT2D eigenvalue weighted by atomic mass is 19.1. The van der Waals surface area contributed by atoms with Crippen LogP contribution in [0.1, 0.15) is 41.7 Å². The van der Waals surface area contributed by atoms with Crippen LogP contribution in [-0.4, -0.2) is 64.7 Å². The van der Waals surface area contributed by atoms with E-state index in [1.807, 2.05) is 29.2 Å². The molecular weight excluding hydrogens is 500 g/mol. The lowest BCUT2D eigenvalue weighted by atomic mass is 10.0. The number of aromatic nitrogens is 3. The molecule has 2 aromatic heterocycles. The highest BCUT2D eigenvalue weighted by Gasteiger charge is 2.30. The summed E-state index contributed by atoms with van der Waals surface area (Å²) < 4.78 is 30.1. The minimum Gasteiger partial charge on any atom is -0.369 e. The molecule has 1 amide bonds. The maximum atomic E-state index is 14.6. The van der Waals surface area contributed by atoms with Crippen molar-refractivity contribution >= 4 is 28.7 Å². The number of amides is 1. The monoisotopic (exact) mass is 531 g/mol. The summed E-state index contributed by atoms with van der Waals surface area (Å²) in [5.41, 5.74) is 2.94. The lowest BCUT2D eigenvalue weighted by Gasteiger charge is -2.35. The minimum absolute atomic E-state index is 0.250. The number of fused-ring (bicyclic) bond motifs is 1. The van der Waals surface area contributed by atoms with Crippen LogP contribution in [0.2, 0.25) is 0 Å². The molecule has 2 aliphatic rings. The summed E-state index contributed by atoms with van der Waals surface area (Å²) in [6, 6.07) is 12.7. The van der Waals surface area contributed by atoms with Crippen LogP contribution in [0.4, 0.5) is 26.0 Å². The van der Waals surface area contributed by atoms with Gasteiger partial charge in [-0.25, -0.2) is 18.3 Å². The van der Waals surface area contributed by atoms with E-state index in [0.29, 0.717) is 41.2 Å². The zero-order valence-corrected chi connectivity index (χ0v) is 21.9. The van der Waals surface area contributed by atoms with Gasteiger partial charge in [0.1, 0.15) is 23.1 Å². The van der Waals surface area contributed by atoms with Crippen molar-refractivity contribution in [1.29, 1.82) is 0 Å². The fourth-order valence-corrected chi connectivity index (χ4v) is 5.58. The van der Waals surface area contributed by atoms with Crippen molar-refractivity contribution in [2.75, 3.05) is 54.4 Å². The van der Waals surface area contributed by atoms with E-state index < -0.39 is 11.6 Å². The summed E-state index contributed by atoms with van der Waals surface area (Å²) >= 11 is 0. The topological polar surface area (TPSA) is 69.0 Å². The standard InChI is InChI=1S/C29H31F2N7O/c1-2-35-14-16-36(17-15-35)22-8-5-20(6-9-22)29(39)33-25-19-32-38-13-11-27(34-28(25)38)37-12-3-4-26(37)23-18-21(30)7-10-24(23)31/h5-11,13,18-19,26H,2-4,12,14-17H2,1H3,(H,33,39)/t26-/m1/s1. The third-order valence-electron chi connectivity index (χ3n) is 7.78. The largest absolute Gasteiger partial charge is 0.369 e. The van der Waals surface area contributed by atoms with Gasteiger partial charge in [-0.2, -0.15) is 5.10 Å². The van der Waals surface area contributed by atoms with E-state index in [9.17, 15) is 13.6 Å². The molecule has 2 aliphatic heterocycles. The van der Waals surface area contributed by atoms with Gasteiger partial charge in [-0.05, 0) is 67.9 Å². The van der Waals surface area contributed by atoms with Gasteiger partial charge < -0.3 is 20.0 Å². The molecule has 6 rings (SSSR count). The molecule has 202 valence electrons. The van der Waals surface area contributed by atoms with Gasteiger partial charge >= 0.3 is 0 Å². The molecule has 2 fully saturated rings. The van der Waals surface area contributed by atoms with Crippen LogP contribution in [-0.2, 0) is 0 Å². The Hall–Kier alpha value is -4.05. The average molecular weight is 532 g/mol. The number of carbonyl (C=O) groups is 1. The van der Waals surface area contributed by atoms with Crippen molar-refractivity contribution in [3.63, 3.8) is 0 Å². The Labute approximate surface area is 225 Å². The Morgan fingerprint density at radius 1 is 1.03 bits per heavy atom. The van der Waals surface area contributed by atoms with Gasteiger partial charge in [0, 0.05) is 55.7 Å². The van der Waals surface area contributed by atoms with Crippen LogP contribution in [0.25, 0.3) is 5.65 Å². The molecule has 0 spiro atoms. The van der Waals surface area contributed by atoms with E-state index in [4.69, 9.17) is 4.98 Å². The van der Waals surface area contributed by atoms with Gasteiger partial charge in [-0.3, -0.25) is 4.79 Å². The molecular formula is C29H31F2N7O. The predicted octanol–water partition coefficient (Wildman–Crippen LogP) is 4.74. The molecule has 4 aromatic rings. The molecule has 0 aliphatic carbocycles. The van der Waals surface area contributed by atoms with E-state index in [1.54, 1.807) is 23.0 Å². The number of piperazine rings is 1.